The number of ether oxygens (including phenoxy) is 1. The first-order chi connectivity index (χ1) is 18.6. The Morgan fingerprint density at radius 1 is 1.23 bits per heavy atom. The number of aliphatic hydroxyl groups excluding tert-OH is 1. The van der Waals surface area contributed by atoms with Crippen LogP contribution in [0.25, 0.3) is 0 Å². The molecule has 3 saturated heterocycles. The lowest BCUT2D eigenvalue weighted by Gasteiger charge is -2.40. The Hall–Kier alpha value is -2.58. The Kier molecular flexibility index (Phi) is 8.96. The van der Waals surface area contributed by atoms with Crippen LogP contribution in [0.4, 0.5) is 0 Å². The Morgan fingerprint density at radius 3 is 2.56 bits per heavy atom. The number of esters is 1. The molecule has 1 aromatic carbocycles. The summed E-state index contributed by atoms with van der Waals surface area (Å²) in [5, 5.41) is 10.4. The molecule has 0 aromatic heterocycles. The van der Waals surface area contributed by atoms with Gasteiger partial charge in [0.15, 0.2) is 0 Å². The predicted octanol–water partition coefficient (Wildman–Crippen LogP) is 4.21. The number of amides is 2. The van der Waals surface area contributed by atoms with Crippen molar-refractivity contribution in [2.75, 3.05) is 19.8 Å². The van der Waals surface area contributed by atoms with Crippen LogP contribution in [0.3, 0.4) is 0 Å². The monoisotopic (exact) mass is 554 g/mol. The van der Waals surface area contributed by atoms with Crippen LogP contribution in [-0.4, -0.2) is 74.0 Å². The molecule has 0 saturated carbocycles. The van der Waals surface area contributed by atoms with Gasteiger partial charge in [-0.05, 0) is 44.1 Å². The van der Waals surface area contributed by atoms with E-state index in [-0.39, 0.29) is 36.9 Å². The highest BCUT2D eigenvalue weighted by molar-refractivity contribution is 8.02. The van der Waals surface area contributed by atoms with Gasteiger partial charge < -0.3 is 19.6 Å². The van der Waals surface area contributed by atoms with Gasteiger partial charge in [0.05, 0.1) is 35.8 Å². The summed E-state index contributed by atoms with van der Waals surface area (Å²) in [4.78, 5) is 45.8. The molecule has 39 heavy (non-hydrogen) atoms. The van der Waals surface area contributed by atoms with Crippen molar-refractivity contribution in [3.63, 3.8) is 0 Å². The van der Waals surface area contributed by atoms with Crippen LogP contribution in [0.5, 0.6) is 0 Å². The SMILES string of the molecule is C=CCCCOC(=O)[C@H]1[C@H]2C(=O)N([C@@H](CO)C(C)C)C(C(=O)N(CC=C)Cc3ccccc3)C23CC[C@]1(C)S3. The third-order valence-electron chi connectivity index (χ3n) is 8.69. The first kappa shape index (κ1) is 29.4. The fraction of sp³-hybridized carbons (Fsp3) is 0.581. The summed E-state index contributed by atoms with van der Waals surface area (Å²) in [6.07, 6.45) is 6.29. The number of fused-ring (bicyclic) bond motifs is 1. The van der Waals surface area contributed by atoms with Crippen molar-refractivity contribution in [3.05, 3.63) is 61.2 Å². The lowest BCUT2D eigenvalue weighted by atomic mass is 9.66. The minimum atomic E-state index is -0.788. The number of hydrogen-bond acceptors (Lipinski definition) is 6. The zero-order valence-corrected chi connectivity index (χ0v) is 24.2. The molecule has 0 aliphatic carbocycles. The van der Waals surface area contributed by atoms with Crippen LogP contribution in [0.2, 0.25) is 0 Å². The van der Waals surface area contributed by atoms with E-state index in [2.05, 4.69) is 13.2 Å². The smallest absolute Gasteiger partial charge is 0.311 e. The second-order valence-corrected chi connectivity index (χ2v) is 13.5. The number of hydrogen-bond donors (Lipinski definition) is 1. The number of rotatable bonds is 13. The van der Waals surface area contributed by atoms with E-state index in [0.29, 0.717) is 25.9 Å². The van der Waals surface area contributed by atoms with Crippen molar-refractivity contribution < 1.29 is 24.2 Å². The Balaban J connectivity index is 1.74. The molecule has 3 heterocycles. The van der Waals surface area contributed by atoms with Gasteiger partial charge >= 0.3 is 5.97 Å². The van der Waals surface area contributed by atoms with E-state index in [0.717, 1.165) is 18.4 Å². The quantitative estimate of drug-likeness (QED) is 0.223. The van der Waals surface area contributed by atoms with Gasteiger partial charge in [0, 0.05) is 17.8 Å². The van der Waals surface area contributed by atoms with E-state index >= 15 is 0 Å². The van der Waals surface area contributed by atoms with Crippen molar-refractivity contribution in [2.24, 2.45) is 17.8 Å². The molecule has 3 fully saturated rings. The molecule has 0 radical (unpaired) electrons. The van der Waals surface area contributed by atoms with Crippen LogP contribution >= 0.6 is 11.8 Å². The molecule has 1 spiro atoms. The average molecular weight is 555 g/mol. The molecule has 6 atom stereocenters. The van der Waals surface area contributed by atoms with Gasteiger partial charge in [-0.15, -0.1) is 24.9 Å². The van der Waals surface area contributed by atoms with Crippen molar-refractivity contribution in [1.82, 2.24) is 9.80 Å². The molecule has 3 aliphatic heterocycles. The van der Waals surface area contributed by atoms with Crippen LogP contribution in [0, 0.1) is 17.8 Å². The van der Waals surface area contributed by atoms with Gasteiger partial charge in [-0.25, -0.2) is 0 Å². The maximum atomic E-state index is 14.6. The number of carbonyl (C=O) groups excluding carboxylic acids is 3. The number of benzene rings is 1. The molecular weight excluding hydrogens is 512 g/mol. The average Bonchev–Trinajstić information content (AvgIpc) is 3.48. The van der Waals surface area contributed by atoms with Crippen LogP contribution in [0.15, 0.2) is 55.6 Å². The van der Waals surface area contributed by atoms with E-state index in [1.807, 2.05) is 51.1 Å². The molecule has 2 unspecified atom stereocenters. The van der Waals surface area contributed by atoms with Crippen LogP contribution in [0.1, 0.15) is 52.0 Å². The minimum Gasteiger partial charge on any atom is -0.465 e. The molecule has 7 nitrogen and oxygen atoms in total. The lowest BCUT2D eigenvalue weighted by molar-refractivity contribution is -0.156. The van der Waals surface area contributed by atoms with Crippen molar-refractivity contribution in [2.45, 2.75) is 74.6 Å². The topological polar surface area (TPSA) is 87.1 Å². The minimum absolute atomic E-state index is 0.0754. The second kappa shape index (κ2) is 11.9. The van der Waals surface area contributed by atoms with E-state index in [1.165, 1.54) is 0 Å². The lowest BCUT2D eigenvalue weighted by Crippen LogP contribution is -2.58. The van der Waals surface area contributed by atoms with Gasteiger partial charge in [-0.1, -0.05) is 56.3 Å². The van der Waals surface area contributed by atoms with Gasteiger partial charge in [-0.2, -0.15) is 0 Å². The summed E-state index contributed by atoms with van der Waals surface area (Å²) >= 11 is 1.62. The molecule has 212 valence electrons. The number of aliphatic hydroxyl groups is 1. The normalized spacial score (nSPS) is 29.8. The molecule has 1 N–H and O–H groups in total. The summed E-state index contributed by atoms with van der Waals surface area (Å²) < 4.78 is 4.45. The third kappa shape index (κ3) is 5.18. The van der Waals surface area contributed by atoms with Gasteiger partial charge in [0.25, 0.3) is 0 Å². The second-order valence-electron chi connectivity index (χ2n) is 11.6. The Labute approximate surface area is 236 Å². The highest BCUT2D eigenvalue weighted by Gasteiger charge is 2.78. The molecule has 2 amide bonds. The molecule has 2 bridgehead atoms. The van der Waals surface area contributed by atoms with E-state index in [9.17, 15) is 19.5 Å². The number of nitrogens with zero attached hydrogens (tertiary/aromatic N) is 2. The van der Waals surface area contributed by atoms with Gasteiger partial charge in [0.1, 0.15) is 6.04 Å². The van der Waals surface area contributed by atoms with Crippen molar-refractivity contribution in [1.29, 1.82) is 0 Å². The number of carbonyl (C=O) groups is 3. The summed E-state index contributed by atoms with van der Waals surface area (Å²) in [5.41, 5.74) is 0.983. The van der Waals surface area contributed by atoms with Crippen molar-refractivity contribution >= 4 is 29.5 Å². The molecule has 3 aliphatic rings. The highest BCUT2D eigenvalue weighted by Crippen LogP contribution is 2.72. The summed E-state index contributed by atoms with van der Waals surface area (Å²) in [7, 11) is 0. The fourth-order valence-corrected chi connectivity index (χ4v) is 9.16. The number of unbranched alkanes of at least 4 members (excludes halogenated alkanes) is 1. The highest BCUT2D eigenvalue weighted by atomic mass is 32.2. The Bertz CT molecular complexity index is 1090. The Morgan fingerprint density at radius 2 is 1.95 bits per heavy atom. The summed E-state index contributed by atoms with van der Waals surface area (Å²) in [6, 6.07) is 8.43. The zero-order valence-electron chi connectivity index (χ0n) is 23.4. The standard InChI is InChI=1S/C31H42N2O5S/c1-6-8-12-18-38-29(37)25-24-27(35)33(23(20-34)21(3)4)26(31(24)16-15-30(25,5)39-31)28(36)32(17-7-2)19-22-13-10-9-11-14-22/h6-7,9-11,13-14,21,23-26,34H,1-2,8,12,15-20H2,3-5H3/t23-,24-,25+,26?,30-,31?/m0/s1. The molecule has 1 aromatic rings. The van der Waals surface area contributed by atoms with Crippen LogP contribution < -0.4 is 0 Å². The van der Waals surface area contributed by atoms with E-state index in [4.69, 9.17) is 4.74 Å². The maximum absolute atomic E-state index is 14.6. The predicted molar refractivity (Wildman–Crippen MR) is 154 cm³/mol. The van der Waals surface area contributed by atoms with Gasteiger partial charge in [0.2, 0.25) is 11.8 Å². The molecule has 8 heteroatoms. The van der Waals surface area contributed by atoms with Gasteiger partial charge in [-0.3, -0.25) is 14.4 Å². The molecular formula is C31H42N2O5S. The summed E-state index contributed by atoms with van der Waals surface area (Å²) in [6.45, 7) is 14.3. The number of allylic oxidation sites excluding steroid dienone is 1. The van der Waals surface area contributed by atoms with E-state index < -0.39 is 33.4 Å². The fourth-order valence-electron chi connectivity index (χ4n) is 6.83. The van der Waals surface area contributed by atoms with E-state index in [1.54, 1.807) is 33.7 Å². The van der Waals surface area contributed by atoms with Crippen molar-refractivity contribution in [3.8, 4) is 0 Å². The first-order valence-electron chi connectivity index (χ1n) is 14.0. The largest absolute Gasteiger partial charge is 0.465 e. The number of thioether (sulfide) groups is 1. The molecule has 4 rings (SSSR count). The van der Waals surface area contributed by atoms with Crippen LogP contribution in [-0.2, 0) is 25.7 Å². The first-order valence-corrected chi connectivity index (χ1v) is 14.8. The number of likely N-dealkylation sites (tertiary alicyclic amines) is 1. The summed E-state index contributed by atoms with van der Waals surface area (Å²) in [5.74, 6) is -2.12. The zero-order chi connectivity index (χ0) is 28.4. The maximum Gasteiger partial charge on any atom is 0.311 e. The third-order valence-corrected chi connectivity index (χ3v) is 10.7.